The molecular formula is C12H12ClNO4. The molecule has 0 saturated carbocycles. The van der Waals surface area contributed by atoms with Crippen molar-refractivity contribution in [2.75, 3.05) is 13.2 Å². The summed E-state index contributed by atoms with van der Waals surface area (Å²) in [5.41, 5.74) is 0. The van der Waals surface area contributed by atoms with Gasteiger partial charge in [0.2, 0.25) is 0 Å². The number of carbonyl (C=O) groups excluding carboxylic acids is 2. The van der Waals surface area contributed by atoms with Crippen molar-refractivity contribution in [1.82, 2.24) is 5.32 Å². The van der Waals surface area contributed by atoms with Gasteiger partial charge in [0, 0.05) is 11.4 Å². The lowest BCUT2D eigenvalue weighted by Gasteiger charge is -2.10. The molecule has 1 aliphatic heterocycles. The van der Waals surface area contributed by atoms with E-state index in [1.54, 1.807) is 24.3 Å². The molecule has 5 nitrogen and oxygen atoms in total. The summed E-state index contributed by atoms with van der Waals surface area (Å²) in [5, 5.41) is 3.14. The van der Waals surface area contributed by atoms with Gasteiger partial charge in [-0.2, -0.15) is 0 Å². The molecule has 0 spiro atoms. The van der Waals surface area contributed by atoms with E-state index in [4.69, 9.17) is 21.1 Å². The Bertz CT molecular complexity index is 446. The highest BCUT2D eigenvalue weighted by Gasteiger charge is 2.27. The van der Waals surface area contributed by atoms with E-state index in [0.717, 1.165) is 0 Å². The first-order valence-electron chi connectivity index (χ1n) is 5.49. The molecular weight excluding hydrogens is 258 g/mol. The van der Waals surface area contributed by atoms with Crippen LogP contribution < -0.4 is 10.1 Å². The molecule has 0 aromatic heterocycles. The number of ether oxygens (including phenoxy) is 2. The molecule has 1 aliphatic rings. The summed E-state index contributed by atoms with van der Waals surface area (Å²) >= 11 is 5.72. The fourth-order valence-corrected chi connectivity index (χ4v) is 1.67. The van der Waals surface area contributed by atoms with Crippen LogP contribution in [0.15, 0.2) is 24.3 Å². The van der Waals surface area contributed by atoms with E-state index in [2.05, 4.69) is 5.32 Å². The number of hydrogen-bond acceptors (Lipinski definition) is 4. The summed E-state index contributed by atoms with van der Waals surface area (Å²) in [7, 11) is 0. The molecule has 1 heterocycles. The molecule has 1 atom stereocenters. The van der Waals surface area contributed by atoms with E-state index in [-0.39, 0.29) is 12.5 Å². The monoisotopic (exact) mass is 269 g/mol. The SMILES string of the molecule is O=C(COc1ccc(Cl)cc1)N[C@H]1CCOC1=O. The summed E-state index contributed by atoms with van der Waals surface area (Å²) in [4.78, 5) is 22.6. The highest BCUT2D eigenvalue weighted by atomic mass is 35.5. The molecule has 1 amide bonds. The molecule has 1 saturated heterocycles. The summed E-state index contributed by atoms with van der Waals surface area (Å²) in [6, 6.07) is 6.12. The minimum Gasteiger partial charge on any atom is -0.484 e. The van der Waals surface area contributed by atoms with Crippen LogP contribution in [0, 0.1) is 0 Å². The Labute approximate surface area is 109 Å². The second-order valence-electron chi connectivity index (χ2n) is 3.82. The van der Waals surface area contributed by atoms with Gasteiger partial charge in [-0.1, -0.05) is 11.6 Å². The summed E-state index contributed by atoms with van der Waals surface area (Å²) < 4.78 is 9.98. The zero-order chi connectivity index (χ0) is 13.0. The number of nitrogens with one attached hydrogen (secondary N) is 1. The average Bonchev–Trinajstić information content (AvgIpc) is 2.74. The number of rotatable bonds is 4. The van der Waals surface area contributed by atoms with E-state index in [1.807, 2.05) is 0 Å². The van der Waals surface area contributed by atoms with E-state index in [9.17, 15) is 9.59 Å². The number of amides is 1. The predicted molar refractivity (Wildman–Crippen MR) is 64.5 cm³/mol. The summed E-state index contributed by atoms with van der Waals surface area (Å²) in [5.74, 6) is -0.202. The molecule has 0 bridgehead atoms. The first kappa shape index (κ1) is 12.7. The number of esters is 1. The van der Waals surface area contributed by atoms with Gasteiger partial charge in [-0.05, 0) is 24.3 Å². The fourth-order valence-electron chi connectivity index (χ4n) is 1.54. The van der Waals surface area contributed by atoms with Crippen LogP contribution in [0.4, 0.5) is 0 Å². The number of halogens is 1. The van der Waals surface area contributed by atoms with Gasteiger partial charge < -0.3 is 14.8 Å². The zero-order valence-electron chi connectivity index (χ0n) is 9.52. The molecule has 1 aromatic carbocycles. The Hall–Kier alpha value is -1.75. The van der Waals surface area contributed by atoms with E-state index >= 15 is 0 Å². The standard InChI is InChI=1S/C12H12ClNO4/c13-8-1-3-9(4-2-8)18-7-11(15)14-10-5-6-17-12(10)16/h1-4,10H,5-7H2,(H,14,15)/t10-/m0/s1. The van der Waals surface area contributed by atoms with Crippen LogP contribution in [0.1, 0.15) is 6.42 Å². The number of cyclic esters (lactones) is 1. The number of benzene rings is 1. The van der Waals surface area contributed by atoms with Crippen molar-refractivity contribution in [2.45, 2.75) is 12.5 Å². The summed E-state index contributed by atoms with van der Waals surface area (Å²) in [6.45, 7) is 0.202. The van der Waals surface area contributed by atoms with Crippen LogP contribution in [-0.2, 0) is 14.3 Å². The highest BCUT2D eigenvalue weighted by Crippen LogP contribution is 2.15. The maximum Gasteiger partial charge on any atom is 0.328 e. The lowest BCUT2D eigenvalue weighted by atomic mass is 10.2. The maximum atomic E-state index is 11.5. The van der Waals surface area contributed by atoms with Crippen molar-refractivity contribution >= 4 is 23.5 Å². The van der Waals surface area contributed by atoms with Crippen molar-refractivity contribution in [1.29, 1.82) is 0 Å². The van der Waals surface area contributed by atoms with Crippen molar-refractivity contribution in [3.05, 3.63) is 29.3 Å². The van der Waals surface area contributed by atoms with Crippen molar-refractivity contribution in [3.63, 3.8) is 0 Å². The maximum absolute atomic E-state index is 11.5. The molecule has 18 heavy (non-hydrogen) atoms. The van der Waals surface area contributed by atoms with Crippen molar-refractivity contribution in [2.24, 2.45) is 0 Å². The first-order valence-corrected chi connectivity index (χ1v) is 5.87. The third-order valence-electron chi connectivity index (χ3n) is 2.45. The topological polar surface area (TPSA) is 64.6 Å². The van der Waals surface area contributed by atoms with Crippen LogP contribution in [0.2, 0.25) is 5.02 Å². The molecule has 6 heteroatoms. The number of hydrogen-bond donors (Lipinski definition) is 1. The highest BCUT2D eigenvalue weighted by molar-refractivity contribution is 6.30. The molecule has 1 aromatic rings. The lowest BCUT2D eigenvalue weighted by Crippen LogP contribution is -2.40. The minimum absolute atomic E-state index is 0.147. The molecule has 0 aliphatic carbocycles. The predicted octanol–water partition coefficient (Wildman–Crippen LogP) is 1.15. The van der Waals surface area contributed by atoms with Gasteiger partial charge >= 0.3 is 5.97 Å². The smallest absolute Gasteiger partial charge is 0.328 e. The molecule has 0 unspecified atom stereocenters. The lowest BCUT2D eigenvalue weighted by molar-refractivity contribution is -0.141. The van der Waals surface area contributed by atoms with Gasteiger partial charge in [0.15, 0.2) is 6.61 Å². The van der Waals surface area contributed by atoms with Crippen LogP contribution in [0.25, 0.3) is 0 Å². The normalized spacial score (nSPS) is 18.3. The second kappa shape index (κ2) is 5.73. The molecule has 0 radical (unpaired) electrons. The molecule has 96 valence electrons. The van der Waals surface area contributed by atoms with Gasteiger partial charge in [0.25, 0.3) is 5.91 Å². The van der Waals surface area contributed by atoms with Crippen LogP contribution in [-0.4, -0.2) is 31.1 Å². The fraction of sp³-hybridized carbons (Fsp3) is 0.333. The van der Waals surface area contributed by atoms with Gasteiger partial charge in [0.05, 0.1) is 6.61 Å². The molecule has 2 rings (SSSR count). The Morgan fingerprint density at radius 1 is 1.44 bits per heavy atom. The Morgan fingerprint density at radius 2 is 2.17 bits per heavy atom. The third-order valence-corrected chi connectivity index (χ3v) is 2.71. The van der Waals surface area contributed by atoms with Crippen molar-refractivity contribution in [3.8, 4) is 5.75 Å². The average molecular weight is 270 g/mol. The summed E-state index contributed by atoms with van der Waals surface area (Å²) in [6.07, 6.45) is 0.505. The number of carbonyl (C=O) groups is 2. The largest absolute Gasteiger partial charge is 0.484 e. The third kappa shape index (κ3) is 3.37. The van der Waals surface area contributed by atoms with E-state index in [1.165, 1.54) is 0 Å². The van der Waals surface area contributed by atoms with Gasteiger partial charge in [-0.15, -0.1) is 0 Å². The van der Waals surface area contributed by atoms with Crippen molar-refractivity contribution < 1.29 is 19.1 Å². The zero-order valence-corrected chi connectivity index (χ0v) is 10.3. The van der Waals surface area contributed by atoms with Gasteiger partial charge in [-0.25, -0.2) is 4.79 Å². The van der Waals surface area contributed by atoms with Gasteiger partial charge in [0.1, 0.15) is 11.8 Å². The van der Waals surface area contributed by atoms with Crippen LogP contribution in [0.3, 0.4) is 0 Å². The van der Waals surface area contributed by atoms with Crippen LogP contribution >= 0.6 is 11.6 Å². The van der Waals surface area contributed by atoms with E-state index in [0.29, 0.717) is 23.8 Å². The second-order valence-corrected chi connectivity index (χ2v) is 4.26. The molecule has 1 N–H and O–H groups in total. The molecule has 1 fully saturated rings. The van der Waals surface area contributed by atoms with Crippen LogP contribution in [0.5, 0.6) is 5.75 Å². The first-order chi connectivity index (χ1) is 8.65. The minimum atomic E-state index is -0.550. The Morgan fingerprint density at radius 3 is 2.78 bits per heavy atom. The van der Waals surface area contributed by atoms with Gasteiger partial charge in [-0.3, -0.25) is 4.79 Å². The van der Waals surface area contributed by atoms with E-state index < -0.39 is 12.0 Å². The Balaban J connectivity index is 1.78. The Kier molecular flexibility index (Phi) is 4.04. The quantitative estimate of drug-likeness (QED) is 0.833.